The SMILES string of the molecule is CCCCCCCCCC=CCCCCCC(=O)OC(COC(=O)CCCCCCCCC(C)CCCCCCCC)COP(=O)(O)OC1C(OC2OC(CO)C(O)C(O)C2O)C(O)C(O)C(O)C1OC1OC(CO)C(O)C(O)C1O. The van der Waals surface area contributed by atoms with Crippen LogP contribution in [0.25, 0.3) is 0 Å². The Balaban J connectivity index is 1.70. The van der Waals surface area contributed by atoms with Crippen molar-refractivity contribution in [1.82, 2.24) is 0 Å². The molecule has 23 nitrogen and oxygen atoms in total. The van der Waals surface area contributed by atoms with E-state index in [9.17, 15) is 75.2 Å². The molecule has 81 heavy (non-hydrogen) atoms. The topological polar surface area (TPSA) is 368 Å². The van der Waals surface area contributed by atoms with Gasteiger partial charge in [-0.3, -0.25) is 18.6 Å². The summed E-state index contributed by atoms with van der Waals surface area (Å²) in [6, 6.07) is 0. The lowest BCUT2D eigenvalue weighted by molar-refractivity contribution is -0.360. The second-order valence-corrected chi connectivity index (χ2v) is 23.9. The highest BCUT2D eigenvalue weighted by molar-refractivity contribution is 7.47. The number of allylic oxidation sites excluding steroid dienone is 2. The maximum absolute atomic E-state index is 14.0. The molecule has 0 aromatic carbocycles. The fourth-order valence-electron chi connectivity index (χ4n) is 10.3. The molecule has 17 atom stereocenters. The van der Waals surface area contributed by atoms with Gasteiger partial charge in [0.15, 0.2) is 18.7 Å². The van der Waals surface area contributed by atoms with Crippen molar-refractivity contribution in [1.29, 1.82) is 0 Å². The largest absolute Gasteiger partial charge is 0.472 e. The minimum absolute atomic E-state index is 0.0500. The number of rotatable bonds is 44. The van der Waals surface area contributed by atoms with Crippen LogP contribution in [-0.4, -0.2) is 204 Å². The molecule has 24 heteroatoms. The van der Waals surface area contributed by atoms with Gasteiger partial charge in [0.25, 0.3) is 0 Å². The molecule has 12 N–H and O–H groups in total. The summed E-state index contributed by atoms with van der Waals surface area (Å²) in [5.41, 5.74) is 0. The predicted octanol–water partition coefficient (Wildman–Crippen LogP) is 4.57. The van der Waals surface area contributed by atoms with Crippen LogP contribution in [0, 0.1) is 5.92 Å². The third-order valence-electron chi connectivity index (χ3n) is 15.5. The van der Waals surface area contributed by atoms with E-state index in [1.165, 1.54) is 89.9 Å². The molecule has 17 unspecified atom stereocenters. The monoisotopic (exact) mass is 1190 g/mol. The Morgan fingerprint density at radius 3 is 1.35 bits per heavy atom. The molecular weight excluding hydrogens is 1080 g/mol. The highest BCUT2D eigenvalue weighted by Gasteiger charge is 2.58. The maximum atomic E-state index is 14.0. The standard InChI is InChI=1S/C57H105O23P/c1-4-6-8-10-12-13-14-15-16-17-18-19-25-29-33-43(61)75-39(36-73-42(60)32-28-24-21-20-23-27-31-38(3)30-26-22-11-9-7-5-2)37-74-81(71,72)80-55-53(78-56-51(69)46(64)44(62)40(34-58)76-56)49(67)48(66)50(68)54(55)79-57-52(70)47(65)45(63)41(35-59)77-57/h16-17,38-41,44-59,62-70H,4-15,18-37H2,1-3H3,(H,71,72). The molecule has 0 aromatic heterocycles. The minimum Gasteiger partial charge on any atom is -0.462 e. The van der Waals surface area contributed by atoms with Crippen LogP contribution in [0.5, 0.6) is 0 Å². The third-order valence-corrected chi connectivity index (χ3v) is 16.5. The average Bonchev–Trinajstić information content (AvgIpc) is 3.61. The molecule has 2 saturated heterocycles. The van der Waals surface area contributed by atoms with Crippen molar-refractivity contribution in [3.05, 3.63) is 12.2 Å². The van der Waals surface area contributed by atoms with E-state index in [-0.39, 0.29) is 12.8 Å². The van der Waals surface area contributed by atoms with Crippen molar-refractivity contribution < 1.29 is 113 Å². The number of aliphatic hydroxyl groups is 11. The zero-order valence-corrected chi connectivity index (χ0v) is 49.4. The molecule has 0 amide bonds. The van der Waals surface area contributed by atoms with Crippen LogP contribution < -0.4 is 0 Å². The number of carbonyl (C=O) groups is 2. The van der Waals surface area contributed by atoms with Gasteiger partial charge in [-0.05, 0) is 44.4 Å². The van der Waals surface area contributed by atoms with Crippen molar-refractivity contribution in [3.8, 4) is 0 Å². The van der Waals surface area contributed by atoms with E-state index >= 15 is 0 Å². The van der Waals surface area contributed by atoms with Gasteiger partial charge in [-0.1, -0.05) is 161 Å². The van der Waals surface area contributed by atoms with Gasteiger partial charge in [0.1, 0.15) is 92.1 Å². The van der Waals surface area contributed by atoms with Gasteiger partial charge >= 0.3 is 19.8 Å². The normalized spacial score (nSPS) is 31.4. The van der Waals surface area contributed by atoms with Gasteiger partial charge in [0.05, 0.1) is 19.8 Å². The third kappa shape index (κ3) is 27.2. The Bertz CT molecular complexity index is 1680. The van der Waals surface area contributed by atoms with Crippen molar-refractivity contribution in [2.24, 2.45) is 5.92 Å². The van der Waals surface area contributed by atoms with Crippen molar-refractivity contribution >= 4 is 19.8 Å². The van der Waals surface area contributed by atoms with Crippen molar-refractivity contribution in [2.75, 3.05) is 26.4 Å². The number of phosphoric acid groups is 1. The van der Waals surface area contributed by atoms with E-state index in [2.05, 4.69) is 32.9 Å². The number of hydrogen-bond acceptors (Lipinski definition) is 22. The van der Waals surface area contributed by atoms with Crippen LogP contribution in [0.2, 0.25) is 0 Å². The number of esters is 2. The second-order valence-electron chi connectivity index (χ2n) is 22.5. The molecular formula is C57H105O23P. The summed E-state index contributed by atoms with van der Waals surface area (Å²) in [7, 11) is -5.64. The van der Waals surface area contributed by atoms with Crippen LogP contribution >= 0.6 is 7.82 Å². The number of aliphatic hydroxyl groups excluding tert-OH is 11. The minimum atomic E-state index is -5.64. The fraction of sp³-hybridized carbons (Fsp3) is 0.930. The summed E-state index contributed by atoms with van der Waals surface area (Å²) in [4.78, 5) is 37.6. The van der Waals surface area contributed by atoms with E-state index in [4.69, 9.17) is 37.5 Å². The lowest BCUT2D eigenvalue weighted by atomic mass is 9.84. The number of ether oxygens (including phenoxy) is 6. The van der Waals surface area contributed by atoms with Crippen LogP contribution in [0.1, 0.15) is 201 Å². The zero-order valence-electron chi connectivity index (χ0n) is 48.5. The first-order valence-electron chi connectivity index (χ1n) is 30.4. The maximum Gasteiger partial charge on any atom is 0.472 e. The van der Waals surface area contributed by atoms with Crippen molar-refractivity contribution in [2.45, 2.75) is 305 Å². The average molecular weight is 1190 g/mol. The molecule has 3 aliphatic rings. The van der Waals surface area contributed by atoms with E-state index in [1.807, 2.05) is 0 Å². The number of phosphoric ester groups is 1. The number of carbonyl (C=O) groups excluding carboxylic acids is 2. The van der Waals surface area contributed by atoms with Gasteiger partial charge in [0, 0.05) is 12.8 Å². The molecule has 476 valence electrons. The zero-order chi connectivity index (χ0) is 59.7. The summed E-state index contributed by atoms with van der Waals surface area (Å²) in [6.07, 6.45) is -2.31. The highest BCUT2D eigenvalue weighted by atomic mass is 31.2. The lowest BCUT2D eigenvalue weighted by Gasteiger charge is -2.49. The Morgan fingerprint density at radius 2 is 0.889 bits per heavy atom. The summed E-state index contributed by atoms with van der Waals surface area (Å²) in [5.74, 6) is -0.644. The first-order chi connectivity index (χ1) is 38.8. The summed E-state index contributed by atoms with van der Waals surface area (Å²) >= 11 is 0. The first-order valence-corrected chi connectivity index (χ1v) is 31.9. The van der Waals surface area contributed by atoms with Gasteiger partial charge in [-0.15, -0.1) is 0 Å². The van der Waals surface area contributed by atoms with Crippen LogP contribution in [0.15, 0.2) is 12.2 Å². The van der Waals surface area contributed by atoms with E-state index in [0.717, 1.165) is 57.8 Å². The lowest BCUT2D eigenvalue weighted by Crippen LogP contribution is -2.69. The fourth-order valence-corrected chi connectivity index (χ4v) is 11.3. The number of hydrogen-bond donors (Lipinski definition) is 12. The Hall–Kier alpha value is -1.81. The Kier molecular flexibility index (Phi) is 37.5. The molecule has 0 radical (unpaired) electrons. The van der Waals surface area contributed by atoms with E-state index in [1.54, 1.807) is 0 Å². The van der Waals surface area contributed by atoms with Crippen LogP contribution in [-0.2, 0) is 51.6 Å². The summed E-state index contributed by atoms with van der Waals surface area (Å²) in [5, 5.41) is 117. The van der Waals surface area contributed by atoms with Crippen LogP contribution in [0.3, 0.4) is 0 Å². The number of unbranched alkanes of at least 4 members (excludes halogenated alkanes) is 20. The summed E-state index contributed by atoms with van der Waals surface area (Å²) in [6.45, 7) is 3.32. The molecule has 2 heterocycles. The Labute approximate surface area is 480 Å². The molecule has 1 saturated carbocycles. The first kappa shape index (κ1) is 73.4. The molecule has 0 bridgehead atoms. The van der Waals surface area contributed by atoms with Gasteiger partial charge in [0.2, 0.25) is 0 Å². The molecule has 3 rings (SSSR count). The predicted molar refractivity (Wildman–Crippen MR) is 296 cm³/mol. The molecule has 2 aliphatic heterocycles. The quantitative estimate of drug-likeness (QED) is 0.0172. The van der Waals surface area contributed by atoms with E-state index in [0.29, 0.717) is 25.2 Å². The summed E-state index contributed by atoms with van der Waals surface area (Å²) < 4.78 is 58.2. The van der Waals surface area contributed by atoms with E-state index < -0.39 is 150 Å². The highest BCUT2D eigenvalue weighted by Crippen LogP contribution is 2.49. The molecule has 0 aromatic rings. The van der Waals surface area contributed by atoms with Gasteiger partial charge in [-0.25, -0.2) is 4.57 Å². The molecule has 1 aliphatic carbocycles. The van der Waals surface area contributed by atoms with Crippen LogP contribution in [0.4, 0.5) is 0 Å². The molecule has 0 spiro atoms. The van der Waals surface area contributed by atoms with Gasteiger partial charge in [-0.2, -0.15) is 0 Å². The second kappa shape index (κ2) is 41.3. The molecule has 3 fully saturated rings. The van der Waals surface area contributed by atoms with Gasteiger partial charge < -0.3 is 89.5 Å². The smallest absolute Gasteiger partial charge is 0.462 e. The van der Waals surface area contributed by atoms with Crippen molar-refractivity contribution in [3.63, 3.8) is 0 Å². The Morgan fingerprint density at radius 1 is 0.494 bits per heavy atom.